The molecule has 1 aliphatic heterocycles. The third-order valence-electron chi connectivity index (χ3n) is 4.53. The number of nitrogens with zero attached hydrogens (tertiary/aromatic N) is 3. The highest BCUT2D eigenvalue weighted by Gasteiger charge is 2.34. The van der Waals surface area contributed by atoms with Gasteiger partial charge in [0, 0.05) is 6.42 Å². The molecule has 0 fully saturated rings. The lowest BCUT2D eigenvalue weighted by Gasteiger charge is -2.25. The highest BCUT2D eigenvalue weighted by atomic mass is 16.5. The van der Waals surface area contributed by atoms with Crippen LogP contribution in [0.25, 0.3) is 5.69 Å². The summed E-state index contributed by atoms with van der Waals surface area (Å²) < 4.78 is 7.47. The van der Waals surface area contributed by atoms with Crippen molar-refractivity contribution in [3.63, 3.8) is 0 Å². The predicted molar refractivity (Wildman–Crippen MR) is 97.1 cm³/mol. The molecule has 132 valence electrons. The van der Waals surface area contributed by atoms with Crippen LogP contribution in [0.5, 0.6) is 5.75 Å². The van der Waals surface area contributed by atoms with Crippen LogP contribution in [0.15, 0.2) is 60.8 Å². The summed E-state index contributed by atoms with van der Waals surface area (Å²) in [5.41, 5.74) is 2.00. The van der Waals surface area contributed by atoms with E-state index in [4.69, 9.17) is 4.74 Å². The number of aromatic nitrogens is 3. The van der Waals surface area contributed by atoms with Gasteiger partial charge in [0.2, 0.25) is 0 Å². The van der Waals surface area contributed by atoms with Crippen LogP contribution < -0.4 is 10.1 Å². The zero-order valence-corrected chi connectivity index (χ0v) is 14.7. The van der Waals surface area contributed by atoms with Crippen LogP contribution >= 0.6 is 0 Å². The molecule has 2 heterocycles. The number of nitrogens with one attached hydrogen (secondary N) is 1. The van der Waals surface area contributed by atoms with E-state index in [0.29, 0.717) is 12.1 Å². The molecule has 0 spiro atoms. The standard InChI is InChI=1S/C20H20N4O2/c1-20(2,18-13-24(23-22-18)15-9-4-3-5-10-15)21-19(25)17-12-14-8-6-7-11-16(14)26-17/h3-11,13,17H,12H2,1-2H3,(H,21,25)/t17-/m0/s1. The van der Waals surface area contributed by atoms with E-state index < -0.39 is 11.6 Å². The minimum atomic E-state index is -0.664. The van der Waals surface area contributed by atoms with Gasteiger partial charge in [-0.3, -0.25) is 4.79 Å². The van der Waals surface area contributed by atoms with Crippen molar-refractivity contribution in [3.8, 4) is 11.4 Å². The molecule has 6 heteroatoms. The zero-order valence-electron chi connectivity index (χ0n) is 14.7. The Hall–Kier alpha value is -3.15. The van der Waals surface area contributed by atoms with Crippen molar-refractivity contribution >= 4 is 5.91 Å². The van der Waals surface area contributed by atoms with Gasteiger partial charge in [-0.25, -0.2) is 4.68 Å². The summed E-state index contributed by atoms with van der Waals surface area (Å²) >= 11 is 0. The minimum absolute atomic E-state index is 0.152. The fourth-order valence-electron chi connectivity index (χ4n) is 3.04. The average Bonchev–Trinajstić information content (AvgIpc) is 3.30. The number of fused-ring (bicyclic) bond motifs is 1. The maximum Gasteiger partial charge on any atom is 0.262 e. The van der Waals surface area contributed by atoms with Crippen LogP contribution in [-0.2, 0) is 16.8 Å². The van der Waals surface area contributed by atoms with Crippen LogP contribution in [0.3, 0.4) is 0 Å². The van der Waals surface area contributed by atoms with Gasteiger partial charge in [-0.2, -0.15) is 0 Å². The van der Waals surface area contributed by atoms with Crippen LogP contribution in [0, 0.1) is 0 Å². The minimum Gasteiger partial charge on any atom is -0.480 e. The number of hydrogen-bond donors (Lipinski definition) is 1. The molecule has 1 amide bonds. The number of carbonyl (C=O) groups is 1. The third-order valence-corrected chi connectivity index (χ3v) is 4.53. The molecule has 0 radical (unpaired) electrons. The lowest BCUT2D eigenvalue weighted by atomic mass is 10.0. The normalized spacial score (nSPS) is 16.0. The highest BCUT2D eigenvalue weighted by Crippen LogP contribution is 2.29. The molecule has 26 heavy (non-hydrogen) atoms. The van der Waals surface area contributed by atoms with Crippen molar-refractivity contribution in [2.75, 3.05) is 0 Å². The van der Waals surface area contributed by atoms with Gasteiger partial charge in [0.1, 0.15) is 11.4 Å². The molecule has 1 atom stereocenters. The Morgan fingerprint density at radius 1 is 1.15 bits per heavy atom. The molecule has 6 nitrogen and oxygen atoms in total. The molecule has 1 aromatic heterocycles. The van der Waals surface area contributed by atoms with E-state index in [1.807, 2.05) is 74.6 Å². The van der Waals surface area contributed by atoms with Gasteiger partial charge in [-0.15, -0.1) is 5.10 Å². The maximum atomic E-state index is 12.7. The molecular weight excluding hydrogens is 328 g/mol. The van der Waals surface area contributed by atoms with E-state index >= 15 is 0 Å². The van der Waals surface area contributed by atoms with Crippen molar-refractivity contribution in [1.29, 1.82) is 0 Å². The van der Waals surface area contributed by atoms with E-state index in [0.717, 1.165) is 17.0 Å². The van der Waals surface area contributed by atoms with Crippen LogP contribution in [0.4, 0.5) is 0 Å². The van der Waals surface area contributed by atoms with Gasteiger partial charge in [0.05, 0.1) is 17.4 Å². The molecule has 2 aromatic carbocycles. The number of para-hydroxylation sites is 2. The second-order valence-electron chi connectivity index (χ2n) is 6.92. The van der Waals surface area contributed by atoms with E-state index in [9.17, 15) is 4.79 Å². The number of benzene rings is 2. The summed E-state index contributed by atoms with van der Waals surface area (Å²) in [6, 6.07) is 17.5. The lowest BCUT2D eigenvalue weighted by molar-refractivity contribution is -0.129. The van der Waals surface area contributed by atoms with Crippen molar-refractivity contribution in [3.05, 3.63) is 72.1 Å². The largest absolute Gasteiger partial charge is 0.480 e. The first-order valence-electron chi connectivity index (χ1n) is 8.58. The summed E-state index contributed by atoms with van der Waals surface area (Å²) in [5.74, 6) is 0.626. The number of hydrogen-bond acceptors (Lipinski definition) is 4. The summed E-state index contributed by atoms with van der Waals surface area (Å²) in [6.07, 6.45) is 1.89. The van der Waals surface area contributed by atoms with Crippen LogP contribution in [0.1, 0.15) is 25.1 Å². The summed E-state index contributed by atoms with van der Waals surface area (Å²) in [4.78, 5) is 12.7. The van der Waals surface area contributed by atoms with Gasteiger partial charge < -0.3 is 10.1 Å². The SMILES string of the molecule is CC(C)(NC(=O)[C@@H]1Cc2ccccc2O1)c1cn(-c2ccccc2)nn1. The molecule has 0 unspecified atom stereocenters. The lowest BCUT2D eigenvalue weighted by Crippen LogP contribution is -2.47. The Morgan fingerprint density at radius 3 is 2.65 bits per heavy atom. The van der Waals surface area contributed by atoms with Gasteiger partial charge in [0.15, 0.2) is 6.10 Å². The van der Waals surface area contributed by atoms with Gasteiger partial charge in [-0.1, -0.05) is 41.6 Å². The Labute approximate surface area is 151 Å². The van der Waals surface area contributed by atoms with Crippen LogP contribution in [-0.4, -0.2) is 27.0 Å². The summed E-state index contributed by atoms with van der Waals surface area (Å²) in [7, 11) is 0. The molecule has 0 saturated heterocycles. The Bertz CT molecular complexity index is 909. The topological polar surface area (TPSA) is 69.0 Å². The summed E-state index contributed by atoms with van der Waals surface area (Å²) in [6.45, 7) is 3.82. The second kappa shape index (κ2) is 6.29. The maximum absolute atomic E-state index is 12.7. The summed E-state index contributed by atoms with van der Waals surface area (Å²) in [5, 5.41) is 11.4. The number of ether oxygens (including phenoxy) is 1. The third kappa shape index (κ3) is 3.06. The number of amides is 1. The first-order chi connectivity index (χ1) is 12.5. The molecule has 0 saturated carbocycles. The smallest absolute Gasteiger partial charge is 0.262 e. The molecule has 0 aliphatic carbocycles. The fraction of sp³-hybridized carbons (Fsp3) is 0.250. The molecular formula is C20H20N4O2. The Kier molecular flexibility index (Phi) is 3.95. The highest BCUT2D eigenvalue weighted by molar-refractivity contribution is 5.83. The average molecular weight is 348 g/mol. The fourth-order valence-corrected chi connectivity index (χ4v) is 3.04. The van der Waals surface area contributed by atoms with Crippen LogP contribution in [0.2, 0.25) is 0 Å². The van der Waals surface area contributed by atoms with E-state index in [-0.39, 0.29) is 5.91 Å². The zero-order chi connectivity index (χ0) is 18.1. The first kappa shape index (κ1) is 16.3. The Morgan fingerprint density at radius 2 is 1.88 bits per heavy atom. The van der Waals surface area contributed by atoms with Gasteiger partial charge >= 0.3 is 0 Å². The number of carbonyl (C=O) groups excluding carboxylic acids is 1. The molecule has 4 rings (SSSR count). The Balaban J connectivity index is 1.48. The van der Waals surface area contributed by atoms with Gasteiger partial charge in [0.25, 0.3) is 5.91 Å². The first-order valence-corrected chi connectivity index (χ1v) is 8.58. The second-order valence-corrected chi connectivity index (χ2v) is 6.92. The number of rotatable bonds is 4. The van der Waals surface area contributed by atoms with Crippen molar-refractivity contribution in [2.45, 2.75) is 31.9 Å². The van der Waals surface area contributed by atoms with E-state index in [1.165, 1.54) is 0 Å². The quantitative estimate of drug-likeness (QED) is 0.787. The van der Waals surface area contributed by atoms with E-state index in [2.05, 4.69) is 15.6 Å². The van der Waals surface area contributed by atoms with Crippen molar-refractivity contribution in [1.82, 2.24) is 20.3 Å². The molecule has 0 bridgehead atoms. The van der Waals surface area contributed by atoms with Crippen molar-refractivity contribution < 1.29 is 9.53 Å². The van der Waals surface area contributed by atoms with E-state index in [1.54, 1.807) is 4.68 Å². The molecule has 1 aliphatic rings. The molecule has 1 N–H and O–H groups in total. The van der Waals surface area contributed by atoms with Gasteiger partial charge in [-0.05, 0) is 37.6 Å². The molecule has 3 aromatic rings. The monoisotopic (exact) mass is 348 g/mol. The van der Waals surface area contributed by atoms with Crippen molar-refractivity contribution in [2.24, 2.45) is 0 Å². The predicted octanol–water partition coefficient (Wildman–Crippen LogP) is 2.62.